The van der Waals surface area contributed by atoms with Crippen molar-refractivity contribution in [3.05, 3.63) is 51.9 Å². The van der Waals surface area contributed by atoms with Crippen LogP contribution in [0.4, 0.5) is 5.69 Å². The van der Waals surface area contributed by atoms with Crippen molar-refractivity contribution in [3.63, 3.8) is 0 Å². The molecule has 1 unspecified atom stereocenters. The van der Waals surface area contributed by atoms with Crippen LogP contribution in [0.15, 0.2) is 40.4 Å². The number of aromatic nitrogens is 2. The minimum Gasteiger partial charge on any atom is -0.325 e. The van der Waals surface area contributed by atoms with Crippen molar-refractivity contribution in [1.82, 2.24) is 9.97 Å². The molecule has 0 fully saturated rings. The molecule has 0 aliphatic heterocycles. The van der Waals surface area contributed by atoms with Crippen LogP contribution >= 0.6 is 11.8 Å². The summed E-state index contributed by atoms with van der Waals surface area (Å²) in [6.45, 7) is 5.92. The predicted octanol–water partition coefficient (Wildman–Crippen LogP) is 2.90. The summed E-state index contributed by atoms with van der Waals surface area (Å²) < 4.78 is 0. The Morgan fingerprint density at radius 2 is 2.14 bits per heavy atom. The number of carbonyl (C=O) groups is 1. The zero-order valence-corrected chi connectivity index (χ0v) is 13.7. The first-order chi connectivity index (χ1) is 10.5. The number of nitrogens with one attached hydrogen (secondary N) is 2. The van der Waals surface area contributed by atoms with Crippen molar-refractivity contribution < 1.29 is 4.79 Å². The predicted molar refractivity (Wildman–Crippen MR) is 89.3 cm³/mol. The number of hydrogen-bond acceptors (Lipinski definition) is 4. The molecule has 0 aliphatic carbocycles. The first kappa shape index (κ1) is 16.3. The Bertz CT molecular complexity index is 727. The molecule has 1 aromatic carbocycles. The van der Waals surface area contributed by atoms with E-state index in [4.69, 9.17) is 0 Å². The molecule has 0 saturated heterocycles. The van der Waals surface area contributed by atoms with E-state index in [2.05, 4.69) is 15.3 Å². The van der Waals surface area contributed by atoms with Gasteiger partial charge in [0.25, 0.3) is 5.56 Å². The first-order valence-electron chi connectivity index (χ1n) is 7.10. The first-order valence-corrected chi connectivity index (χ1v) is 7.98. The van der Waals surface area contributed by atoms with Gasteiger partial charge in [0.15, 0.2) is 5.16 Å². The van der Waals surface area contributed by atoms with Crippen molar-refractivity contribution >= 4 is 23.4 Å². The molecule has 6 heteroatoms. The number of anilines is 1. The summed E-state index contributed by atoms with van der Waals surface area (Å²) in [6.07, 6.45) is 2.08. The van der Waals surface area contributed by atoms with Gasteiger partial charge in [0.05, 0.1) is 5.25 Å². The molecule has 1 heterocycles. The Kier molecular flexibility index (Phi) is 5.38. The van der Waals surface area contributed by atoms with E-state index >= 15 is 0 Å². The van der Waals surface area contributed by atoms with Crippen LogP contribution in [0, 0.1) is 13.8 Å². The highest BCUT2D eigenvalue weighted by atomic mass is 32.2. The van der Waals surface area contributed by atoms with Gasteiger partial charge >= 0.3 is 0 Å². The molecule has 2 aromatic rings. The smallest absolute Gasteiger partial charge is 0.251 e. The van der Waals surface area contributed by atoms with E-state index in [1.54, 1.807) is 0 Å². The summed E-state index contributed by atoms with van der Waals surface area (Å²) in [5, 5.41) is 3.10. The Labute approximate surface area is 133 Å². The quantitative estimate of drug-likeness (QED) is 0.657. The van der Waals surface area contributed by atoms with Crippen molar-refractivity contribution in [3.8, 4) is 0 Å². The van der Waals surface area contributed by atoms with Crippen LogP contribution in [0.25, 0.3) is 0 Å². The monoisotopic (exact) mass is 317 g/mol. The Morgan fingerprint density at radius 3 is 2.82 bits per heavy atom. The highest BCUT2D eigenvalue weighted by Gasteiger charge is 2.19. The molecular formula is C16H19N3O2S. The highest BCUT2D eigenvalue weighted by Crippen LogP contribution is 2.24. The number of amides is 1. The fourth-order valence-corrected chi connectivity index (χ4v) is 2.85. The molecule has 0 aliphatic rings. The molecule has 0 bridgehead atoms. The second-order valence-corrected chi connectivity index (χ2v) is 6.18. The van der Waals surface area contributed by atoms with Crippen LogP contribution in [0.1, 0.15) is 24.5 Å². The van der Waals surface area contributed by atoms with Gasteiger partial charge < -0.3 is 10.3 Å². The average Bonchev–Trinajstić information content (AvgIpc) is 2.49. The van der Waals surface area contributed by atoms with Gasteiger partial charge in [-0.05, 0) is 37.5 Å². The molecule has 22 heavy (non-hydrogen) atoms. The molecule has 116 valence electrons. The zero-order chi connectivity index (χ0) is 16.1. The van der Waals surface area contributed by atoms with Crippen LogP contribution < -0.4 is 10.9 Å². The number of benzene rings is 1. The van der Waals surface area contributed by atoms with Crippen molar-refractivity contribution in [2.45, 2.75) is 37.6 Å². The van der Waals surface area contributed by atoms with E-state index in [0.29, 0.717) is 11.6 Å². The maximum atomic E-state index is 12.4. The minimum absolute atomic E-state index is 0.0901. The Hall–Kier alpha value is -2.08. The van der Waals surface area contributed by atoms with Crippen molar-refractivity contribution in [2.24, 2.45) is 0 Å². The molecule has 1 amide bonds. The molecule has 5 nitrogen and oxygen atoms in total. The number of H-pyrrole nitrogens is 1. The van der Waals surface area contributed by atoms with Gasteiger partial charge in [-0.25, -0.2) is 4.98 Å². The summed E-state index contributed by atoms with van der Waals surface area (Å²) in [7, 11) is 0. The van der Waals surface area contributed by atoms with E-state index < -0.39 is 0 Å². The van der Waals surface area contributed by atoms with Crippen LogP contribution in [0.2, 0.25) is 0 Å². The molecular weight excluding hydrogens is 298 g/mol. The van der Waals surface area contributed by atoms with Crippen LogP contribution in [-0.2, 0) is 4.79 Å². The molecule has 2 rings (SSSR count). The molecule has 0 radical (unpaired) electrons. The number of rotatable bonds is 5. The number of nitrogens with zero attached hydrogens (tertiary/aromatic N) is 1. The number of thioether (sulfide) groups is 1. The van der Waals surface area contributed by atoms with Crippen molar-refractivity contribution in [1.29, 1.82) is 0 Å². The van der Waals surface area contributed by atoms with Crippen LogP contribution in [0.5, 0.6) is 0 Å². The lowest BCUT2D eigenvalue weighted by Crippen LogP contribution is -2.25. The molecule has 1 atom stereocenters. The summed E-state index contributed by atoms with van der Waals surface area (Å²) >= 11 is 1.26. The molecule has 0 saturated carbocycles. The van der Waals surface area contributed by atoms with E-state index in [0.717, 1.165) is 16.8 Å². The normalized spacial score (nSPS) is 12.0. The van der Waals surface area contributed by atoms with Gasteiger partial charge in [0, 0.05) is 18.0 Å². The van der Waals surface area contributed by atoms with Crippen molar-refractivity contribution in [2.75, 3.05) is 5.32 Å². The third kappa shape index (κ3) is 3.98. The fourth-order valence-electron chi connectivity index (χ4n) is 1.97. The lowest BCUT2D eigenvalue weighted by Gasteiger charge is -2.16. The Balaban J connectivity index is 2.12. The number of aromatic amines is 1. The second kappa shape index (κ2) is 7.26. The van der Waals surface area contributed by atoms with E-state index in [1.165, 1.54) is 24.0 Å². The highest BCUT2D eigenvalue weighted by molar-refractivity contribution is 8.00. The maximum absolute atomic E-state index is 12.4. The van der Waals surface area contributed by atoms with Crippen LogP contribution in [0.3, 0.4) is 0 Å². The number of carbonyl (C=O) groups excluding carboxylic acids is 1. The van der Waals surface area contributed by atoms with Gasteiger partial charge in [0.1, 0.15) is 0 Å². The molecule has 0 spiro atoms. The summed E-state index contributed by atoms with van der Waals surface area (Å²) in [5.74, 6) is -0.0901. The van der Waals surface area contributed by atoms with E-state index in [-0.39, 0.29) is 16.7 Å². The third-order valence-electron chi connectivity index (χ3n) is 3.43. The van der Waals surface area contributed by atoms with Gasteiger partial charge in [-0.1, -0.05) is 30.8 Å². The third-order valence-corrected chi connectivity index (χ3v) is 4.69. The van der Waals surface area contributed by atoms with Gasteiger partial charge in [0.2, 0.25) is 5.91 Å². The second-order valence-electron chi connectivity index (χ2n) is 4.99. The maximum Gasteiger partial charge on any atom is 0.251 e. The SMILES string of the molecule is CCC(Sc1nccc(=O)[nH]1)C(=O)Nc1cccc(C)c1C. The molecule has 2 N–H and O–H groups in total. The van der Waals surface area contributed by atoms with Gasteiger partial charge in [-0.3, -0.25) is 9.59 Å². The minimum atomic E-state index is -0.314. The van der Waals surface area contributed by atoms with E-state index in [1.807, 2.05) is 39.0 Å². The van der Waals surface area contributed by atoms with Crippen LogP contribution in [-0.4, -0.2) is 21.1 Å². The standard InChI is InChI=1S/C16H19N3O2S/c1-4-13(22-16-17-9-8-14(20)19-16)15(21)18-12-7-5-6-10(2)11(12)3/h5-9,13H,4H2,1-3H3,(H,18,21)(H,17,19,20). The fraction of sp³-hybridized carbons (Fsp3) is 0.312. The van der Waals surface area contributed by atoms with Gasteiger partial charge in [-0.15, -0.1) is 0 Å². The number of hydrogen-bond donors (Lipinski definition) is 2. The largest absolute Gasteiger partial charge is 0.325 e. The lowest BCUT2D eigenvalue weighted by atomic mass is 10.1. The topological polar surface area (TPSA) is 74.8 Å². The number of aryl methyl sites for hydroxylation is 1. The zero-order valence-electron chi connectivity index (χ0n) is 12.8. The molecule has 1 aromatic heterocycles. The Morgan fingerprint density at radius 1 is 1.36 bits per heavy atom. The van der Waals surface area contributed by atoms with Gasteiger partial charge in [-0.2, -0.15) is 0 Å². The lowest BCUT2D eigenvalue weighted by molar-refractivity contribution is -0.115. The van der Waals surface area contributed by atoms with E-state index in [9.17, 15) is 9.59 Å². The average molecular weight is 317 g/mol. The summed E-state index contributed by atoms with van der Waals surface area (Å²) in [5.41, 5.74) is 2.79. The summed E-state index contributed by atoms with van der Waals surface area (Å²) in [6, 6.07) is 7.17. The summed E-state index contributed by atoms with van der Waals surface area (Å²) in [4.78, 5) is 30.4.